The van der Waals surface area contributed by atoms with Gasteiger partial charge in [0.05, 0.1) is 10.9 Å². The minimum absolute atomic E-state index is 0.367. The van der Waals surface area contributed by atoms with Crippen molar-refractivity contribution in [3.63, 3.8) is 0 Å². The Morgan fingerprint density at radius 3 is 2.68 bits per heavy atom. The van der Waals surface area contributed by atoms with E-state index in [-0.39, 0.29) is 5.82 Å². The molecule has 1 fully saturated rings. The lowest BCUT2D eigenvalue weighted by Gasteiger charge is -2.24. The summed E-state index contributed by atoms with van der Waals surface area (Å²) in [6, 6.07) is 3.22. The summed E-state index contributed by atoms with van der Waals surface area (Å²) >= 11 is 0. The normalized spacial score (nSPS) is 18.0. The van der Waals surface area contributed by atoms with Gasteiger partial charge in [-0.05, 0) is 43.0 Å². The molecule has 2 aromatic rings. The minimum Gasteiger partial charge on any atom is -0.481 e. The highest BCUT2D eigenvalue weighted by Crippen LogP contribution is 2.42. The first-order chi connectivity index (χ1) is 9.04. The third-order valence-electron chi connectivity index (χ3n) is 4.37. The van der Waals surface area contributed by atoms with E-state index in [0.29, 0.717) is 23.9 Å². The molecular formula is C15H16FNO2. The molecule has 100 valence electrons. The summed E-state index contributed by atoms with van der Waals surface area (Å²) in [4.78, 5) is 14.6. The number of halogens is 1. The van der Waals surface area contributed by atoms with Crippen LogP contribution in [0.25, 0.3) is 10.9 Å². The van der Waals surface area contributed by atoms with E-state index in [2.05, 4.69) is 4.98 Å². The number of nitrogens with one attached hydrogen (secondary N) is 1. The number of carbonyl (C=O) groups is 1. The fourth-order valence-corrected chi connectivity index (χ4v) is 3.20. The van der Waals surface area contributed by atoms with Gasteiger partial charge >= 0.3 is 5.97 Å². The molecule has 0 saturated heterocycles. The first-order valence-corrected chi connectivity index (χ1v) is 6.56. The summed E-state index contributed by atoms with van der Waals surface area (Å²) < 4.78 is 14.1. The second kappa shape index (κ2) is 4.08. The molecule has 1 aliphatic carbocycles. The number of benzene rings is 1. The highest BCUT2D eigenvalue weighted by Gasteiger charge is 2.43. The molecule has 19 heavy (non-hydrogen) atoms. The molecule has 0 spiro atoms. The summed E-state index contributed by atoms with van der Waals surface area (Å²) in [6.07, 6.45) is 4.71. The maximum atomic E-state index is 14.1. The van der Waals surface area contributed by atoms with Crippen LogP contribution in [0.2, 0.25) is 0 Å². The second-order valence-corrected chi connectivity index (χ2v) is 5.45. The molecule has 0 bridgehead atoms. The summed E-state index contributed by atoms with van der Waals surface area (Å²) in [5, 5.41) is 10.3. The number of rotatable bonds is 2. The molecule has 1 heterocycles. The first kappa shape index (κ1) is 12.2. The Hall–Kier alpha value is -1.84. The zero-order valence-electron chi connectivity index (χ0n) is 10.8. The van der Waals surface area contributed by atoms with Crippen molar-refractivity contribution in [2.45, 2.75) is 38.0 Å². The first-order valence-electron chi connectivity index (χ1n) is 6.56. The van der Waals surface area contributed by atoms with Crippen LogP contribution >= 0.6 is 0 Å². The number of carboxylic acid groups (broad SMARTS) is 1. The van der Waals surface area contributed by atoms with E-state index >= 15 is 0 Å². The second-order valence-electron chi connectivity index (χ2n) is 5.45. The molecule has 0 unspecified atom stereocenters. The van der Waals surface area contributed by atoms with Crippen LogP contribution in [-0.2, 0) is 10.2 Å². The Morgan fingerprint density at radius 2 is 2.05 bits per heavy atom. The number of aryl methyl sites for hydroxylation is 1. The number of aliphatic carboxylic acids is 1. The fraction of sp³-hybridized carbons (Fsp3) is 0.400. The van der Waals surface area contributed by atoms with Crippen molar-refractivity contribution in [1.29, 1.82) is 0 Å². The number of fused-ring (bicyclic) bond motifs is 1. The number of H-pyrrole nitrogens is 1. The molecule has 0 aliphatic heterocycles. The maximum Gasteiger partial charge on any atom is 0.314 e. The molecule has 3 nitrogen and oxygen atoms in total. The van der Waals surface area contributed by atoms with Crippen molar-refractivity contribution in [3.05, 3.63) is 35.3 Å². The molecule has 3 rings (SSSR count). The fourth-order valence-electron chi connectivity index (χ4n) is 3.20. The number of aromatic amines is 1. The third-order valence-corrected chi connectivity index (χ3v) is 4.37. The van der Waals surface area contributed by atoms with E-state index in [1.807, 2.05) is 13.0 Å². The SMILES string of the molecule is Cc1c[nH]c2c(F)cc(C3(C(=O)O)CCCC3)cc12. The van der Waals surface area contributed by atoms with E-state index in [4.69, 9.17) is 0 Å². The number of hydrogen-bond donors (Lipinski definition) is 2. The number of carboxylic acids is 1. The summed E-state index contributed by atoms with van der Waals surface area (Å²) in [7, 11) is 0. The lowest BCUT2D eigenvalue weighted by molar-refractivity contribution is -0.143. The van der Waals surface area contributed by atoms with Crippen molar-refractivity contribution in [1.82, 2.24) is 4.98 Å². The summed E-state index contributed by atoms with van der Waals surface area (Å²) in [5.74, 6) is -1.20. The molecular weight excluding hydrogens is 245 g/mol. The highest BCUT2D eigenvalue weighted by molar-refractivity contribution is 5.88. The number of aromatic nitrogens is 1. The van der Waals surface area contributed by atoms with Crippen LogP contribution in [0.1, 0.15) is 36.8 Å². The van der Waals surface area contributed by atoms with Gasteiger partial charge in [-0.2, -0.15) is 0 Å². The van der Waals surface area contributed by atoms with Crippen LogP contribution in [0.15, 0.2) is 18.3 Å². The molecule has 1 aromatic heterocycles. The van der Waals surface area contributed by atoms with Gasteiger partial charge < -0.3 is 10.1 Å². The van der Waals surface area contributed by atoms with Gasteiger partial charge in [0.2, 0.25) is 0 Å². The molecule has 0 radical (unpaired) electrons. The van der Waals surface area contributed by atoms with Gasteiger partial charge in [-0.15, -0.1) is 0 Å². The van der Waals surface area contributed by atoms with Gasteiger partial charge in [0.25, 0.3) is 0 Å². The smallest absolute Gasteiger partial charge is 0.314 e. The maximum absolute atomic E-state index is 14.1. The Labute approximate surface area is 110 Å². The molecule has 2 N–H and O–H groups in total. The van der Waals surface area contributed by atoms with E-state index < -0.39 is 11.4 Å². The lowest BCUT2D eigenvalue weighted by atomic mass is 9.78. The Balaban J connectivity index is 2.24. The van der Waals surface area contributed by atoms with Gasteiger partial charge in [-0.3, -0.25) is 4.79 Å². The topological polar surface area (TPSA) is 53.1 Å². The van der Waals surface area contributed by atoms with Gasteiger partial charge in [-0.25, -0.2) is 4.39 Å². The van der Waals surface area contributed by atoms with Crippen molar-refractivity contribution >= 4 is 16.9 Å². The van der Waals surface area contributed by atoms with Crippen molar-refractivity contribution in [2.24, 2.45) is 0 Å². The van der Waals surface area contributed by atoms with Crippen LogP contribution < -0.4 is 0 Å². The highest BCUT2D eigenvalue weighted by atomic mass is 19.1. The Kier molecular flexibility index (Phi) is 2.62. The third kappa shape index (κ3) is 1.66. The van der Waals surface area contributed by atoms with Gasteiger partial charge in [0, 0.05) is 11.6 Å². The zero-order chi connectivity index (χ0) is 13.6. The van der Waals surface area contributed by atoms with Crippen LogP contribution in [0.4, 0.5) is 4.39 Å². The van der Waals surface area contributed by atoms with Gasteiger partial charge in [0.1, 0.15) is 5.82 Å². The Bertz CT molecular complexity index is 653. The van der Waals surface area contributed by atoms with Crippen LogP contribution in [0.3, 0.4) is 0 Å². The Morgan fingerprint density at radius 1 is 1.37 bits per heavy atom. The van der Waals surface area contributed by atoms with E-state index in [0.717, 1.165) is 23.8 Å². The average Bonchev–Trinajstić information content (AvgIpc) is 2.98. The predicted molar refractivity (Wildman–Crippen MR) is 70.8 cm³/mol. The van der Waals surface area contributed by atoms with Crippen molar-refractivity contribution < 1.29 is 14.3 Å². The lowest BCUT2D eigenvalue weighted by Crippen LogP contribution is -2.32. The standard InChI is InChI=1S/C15H16FNO2/c1-9-8-17-13-11(9)6-10(7-12(13)16)15(14(18)19)4-2-3-5-15/h6-8,17H,2-5H2,1H3,(H,18,19). The molecule has 1 saturated carbocycles. The van der Waals surface area contributed by atoms with E-state index in [1.165, 1.54) is 6.07 Å². The van der Waals surface area contributed by atoms with Crippen LogP contribution in [-0.4, -0.2) is 16.1 Å². The molecule has 1 aliphatic rings. The molecule has 1 aromatic carbocycles. The van der Waals surface area contributed by atoms with Crippen molar-refractivity contribution in [2.75, 3.05) is 0 Å². The monoisotopic (exact) mass is 261 g/mol. The average molecular weight is 261 g/mol. The molecule has 0 atom stereocenters. The van der Waals surface area contributed by atoms with Crippen LogP contribution in [0.5, 0.6) is 0 Å². The summed E-state index contributed by atoms with van der Waals surface area (Å²) in [6.45, 7) is 1.89. The summed E-state index contributed by atoms with van der Waals surface area (Å²) in [5.41, 5.74) is 1.10. The number of hydrogen-bond acceptors (Lipinski definition) is 1. The zero-order valence-corrected chi connectivity index (χ0v) is 10.8. The van der Waals surface area contributed by atoms with Crippen LogP contribution in [0, 0.1) is 12.7 Å². The minimum atomic E-state index is -0.904. The quantitative estimate of drug-likeness (QED) is 0.869. The van der Waals surface area contributed by atoms with E-state index in [9.17, 15) is 14.3 Å². The van der Waals surface area contributed by atoms with Gasteiger partial charge in [0.15, 0.2) is 0 Å². The van der Waals surface area contributed by atoms with E-state index in [1.54, 1.807) is 6.20 Å². The predicted octanol–water partition coefficient (Wildman–Crippen LogP) is 3.51. The van der Waals surface area contributed by atoms with Crippen molar-refractivity contribution in [3.8, 4) is 0 Å². The largest absolute Gasteiger partial charge is 0.481 e. The van der Waals surface area contributed by atoms with Gasteiger partial charge in [-0.1, -0.05) is 12.8 Å². The molecule has 0 amide bonds. The molecule has 4 heteroatoms.